The number of rotatable bonds is 7. The van der Waals surface area contributed by atoms with Gasteiger partial charge in [-0.05, 0) is 37.7 Å². The van der Waals surface area contributed by atoms with Gasteiger partial charge in [0.15, 0.2) is 5.82 Å². The van der Waals surface area contributed by atoms with Crippen LogP contribution >= 0.6 is 12.2 Å². The third-order valence-corrected chi connectivity index (χ3v) is 4.57. The third-order valence-electron chi connectivity index (χ3n) is 4.37. The highest BCUT2D eigenvalue weighted by atomic mass is 32.1. The van der Waals surface area contributed by atoms with E-state index in [4.69, 9.17) is 22.7 Å². The lowest BCUT2D eigenvalue weighted by Gasteiger charge is -2.40. The zero-order valence-electron chi connectivity index (χ0n) is 13.0. The number of aromatic nitrogens is 2. The fourth-order valence-corrected chi connectivity index (χ4v) is 3.05. The number of hydrogen-bond acceptors (Lipinski definition) is 5. The van der Waals surface area contributed by atoms with Gasteiger partial charge in [0.1, 0.15) is 4.99 Å². The van der Waals surface area contributed by atoms with Crippen LogP contribution in [-0.2, 0) is 17.6 Å². The molecule has 1 saturated carbocycles. The van der Waals surface area contributed by atoms with Crippen molar-refractivity contribution in [3.8, 4) is 0 Å². The number of aryl methyl sites for hydroxylation is 1. The van der Waals surface area contributed by atoms with Crippen molar-refractivity contribution in [3.05, 3.63) is 16.8 Å². The first kappa shape index (κ1) is 16.1. The van der Waals surface area contributed by atoms with Gasteiger partial charge in [-0.25, -0.2) is 0 Å². The van der Waals surface area contributed by atoms with E-state index in [2.05, 4.69) is 29.4 Å². The topological polar surface area (TPSA) is 73.1 Å². The predicted molar refractivity (Wildman–Crippen MR) is 88.8 cm³/mol. The molecule has 0 unspecified atom stereocenters. The maximum Gasteiger partial charge on any atom is 0.159 e. The summed E-state index contributed by atoms with van der Waals surface area (Å²) in [5.74, 6) is 0.680. The highest BCUT2D eigenvalue weighted by Gasteiger charge is 2.37. The summed E-state index contributed by atoms with van der Waals surface area (Å²) in [4.78, 5) is 0.374. The number of ether oxygens (including phenoxy) is 1. The standard InChI is InChI=1S/C15H24N4OS/c1-4-10-11(5-2)18-19-14(12(10)13(16)21)17-9-15(20-3)7-6-8-15/h4-9H2,1-3H3,(H2,16,21)(H,17,19). The fraction of sp³-hybridized carbons (Fsp3) is 0.667. The van der Waals surface area contributed by atoms with Crippen LogP contribution in [0.3, 0.4) is 0 Å². The summed E-state index contributed by atoms with van der Waals surface area (Å²) in [6.07, 6.45) is 5.02. The second kappa shape index (κ2) is 6.66. The van der Waals surface area contributed by atoms with E-state index in [1.54, 1.807) is 7.11 Å². The monoisotopic (exact) mass is 308 g/mol. The molecule has 1 aliphatic rings. The summed E-state index contributed by atoms with van der Waals surface area (Å²) >= 11 is 5.23. The molecule has 0 bridgehead atoms. The van der Waals surface area contributed by atoms with Crippen molar-refractivity contribution in [2.45, 2.75) is 51.6 Å². The van der Waals surface area contributed by atoms with E-state index < -0.39 is 0 Å². The Morgan fingerprint density at radius 3 is 2.48 bits per heavy atom. The molecule has 3 N–H and O–H groups in total. The highest BCUT2D eigenvalue weighted by molar-refractivity contribution is 7.80. The van der Waals surface area contributed by atoms with Crippen LogP contribution in [0.25, 0.3) is 0 Å². The molecule has 1 aromatic heterocycles. The maximum atomic E-state index is 5.93. The Labute approximate surface area is 131 Å². The first-order chi connectivity index (χ1) is 10.1. The lowest BCUT2D eigenvalue weighted by molar-refractivity contribution is -0.0601. The fourth-order valence-electron chi connectivity index (χ4n) is 2.83. The molecule has 0 amide bonds. The molecule has 5 nitrogen and oxygen atoms in total. The van der Waals surface area contributed by atoms with Crippen LogP contribution in [0.2, 0.25) is 0 Å². The molecular formula is C15H24N4OS. The normalized spacial score (nSPS) is 16.3. The van der Waals surface area contributed by atoms with Gasteiger partial charge < -0.3 is 15.8 Å². The second-order valence-electron chi connectivity index (χ2n) is 5.51. The largest absolute Gasteiger partial charge is 0.389 e. The van der Waals surface area contributed by atoms with E-state index in [1.807, 2.05) is 0 Å². The minimum atomic E-state index is -0.0784. The van der Waals surface area contributed by atoms with Crippen molar-refractivity contribution in [1.82, 2.24) is 10.2 Å². The van der Waals surface area contributed by atoms with Gasteiger partial charge in [0.05, 0.1) is 16.9 Å². The van der Waals surface area contributed by atoms with Crippen LogP contribution in [0.1, 0.15) is 49.9 Å². The Bertz CT molecular complexity index is 523. The Morgan fingerprint density at radius 1 is 1.33 bits per heavy atom. The number of anilines is 1. The van der Waals surface area contributed by atoms with Gasteiger partial charge in [0, 0.05) is 13.7 Å². The Kier molecular flexibility index (Phi) is 5.11. The number of nitrogens with one attached hydrogen (secondary N) is 1. The number of thiocarbonyl (C=S) groups is 1. The molecule has 1 aliphatic carbocycles. The van der Waals surface area contributed by atoms with E-state index in [9.17, 15) is 0 Å². The zero-order valence-corrected chi connectivity index (χ0v) is 13.8. The molecule has 6 heteroatoms. The number of methoxy groups -OCH3 is 1. The molecule has 21 heavy (non-hydrogen) atoms. The Morgan fingerprint density at radius 2 is 2.05 bits per heavy atom. The number of hydrogen-bond donors (Lipinski definition) is 2. The van der Waals surface area contributed by atoms with Crippen LogP contribution in [0.15, 0.2) is 0 Å². The SMILES string of the molecule is CCc1nnc(NCC2(OC)CCC2)c(C(N)=S)c1CC. The average Bonchev–Trinajstić information content (AvgIpc) is 2.45. The molecule has 0 spiro atoms. The summed E-state index contributed by atoms with van der Waals surface area (Å²) in [7, 11) is 1.76. The molecule has 0 radical (unpaired) electrons. The molecule has 0 atom stereocenters. The van der Waals surface area contributed by atoms with Crippen LogP contribution in [0, 0.1) is 0 Å². The second-order valence-corrected chi connectivity index (χ2v) is 5.95. The van der Waals surface area contributed by atoms with E-state index in [-0.39, 0.29) is 5.60 Å². The minimum Gasteiger partial charge on any atom is -0.389 e. The highest BCUT2D eigenvalue weighted by Crippen LogP contribution is 2.35. The average molecular weight is 308 g/mol. The Hall–Kier alpha value is -1.27. The van der Waals surface area contributed by atoms with Crippen LogP contribution < -0.4 is 11.1 Å². The first-order valence-corrected chi connectivity index (χ1v) is 7.95. The van der Waals surface area contributed by atoms with Crippen molar-refractivity contribution in [1.29, 1.82) is 0 Å². The molecule has 0 aliphatic heterocycles. The zero-order chi connectivity index (χ0) is 15.5. The van der Waals surface area contributed by atoms with Gasteiger partial charge >= 0.3 is 0 Å². The third kappa shape index (κ3) is 3.16. The van der Waals surface area contributed by atoms with Crippen LogP contribution in [0.5, 0.6) is 0 Å². The maximum absolute atomic E-state index is 5.93. The van der Waals surface area contributed by atoms with E-state index in [0.717, 1.165) is 42.5 Å². The lowest BCUT2D eigenvalue weighted by atomic mass is 9.80. The van der Waals surface area contributed by atoms with Crippen LogP contribution in [0.4, 0.5) is 5.82 Å². The molecule has 2 rings (SSSR count). The predicted octanol–water partition coefficient (Wildman–Crippen LogP) is 2.22. The summed E-state index contributed by atoms with van der Waals surface area (Å²) in [6.45, 7) is 4.86. The molecule has 1 heterocycles. The molecular weight excluding hydrogens is 284 g/mol. The van der Waals surface area contributed by atoms with Gasteiger partial charge in [-0.1, -0.05) is 26.1 Å². The van der Waals surface area contributed by atoms with Crippen molar-refractivity contribution in [2.24, 2.45) is 5.73 Å². The lowest BCUT2D eigenvalue weighted by Crippen LogP contribution is -2.45. The quantitative estimate of drug-likeness (QED) is 0.753. The molecule has 1 aromatic rings. The van der Waals surface area contributed by atoms with Crippen molar-refractivity contribution < 1.29 is 4.74 Å². The van der Waals surface area contributed by atoms with E-state index in [1.165, 1.54) is 6.42 Å². The van der Waals surface area contributed by atoms with Gasteiger partial charge in [-0.3, -0.25) is 0 Å². The Balaban J connectivity index is 2.28. The van der Waals surface area contributed by atoms with E-state index in [0.29, 0.717) is 17.4 Å². The molecule has 1 fully saturated rings. The first-order valence-electron chi connectivity index (χ1n) is 7.54. The summed E-state index contributed by atoms with van der Waals surface area (Å²) in [5, 5.41) is 12.0. The molecule has 0 aromatic carbocycles. The van der Waals surface area contributed by atoms with Gasteiger partial charge in [-0.15, -0.1) is 5.10 Å². The van der Waals surface area contributed by atoms with Gasteiger partial charge in [0.2, 0.25) is 0 Å². The summed E-state index contributed by atoms with van der Waals surface area (Å²) in [6, 6.07) is 0. The minimum absolute atomic E-state index is 0.0784. The van der Waals surface area contributed by atoms with Crippen molar-refractivity contribution in [3.63, 3.8) is 0 Å². The van der Waals surface area contributed by atoms with Crippen LogP contribution in [-0.4, -0.2) is 34.4 Å². The van der Waals surface area contributed by atoms with Crippen molar-refractivity contribution in [2.75, 3.05) is 19.0 Å². The molecule has 116 valence electrons. The van der Waals surface area contributed by atoms with E-state index >= 15 is 0 Å². The smallest absolute Gasteiger partial charge is 0.159 e. The van der Waals surface area contributed by atoms with Gasteiger partial charge in [0.25, 0.3) is 0 Å². The number of nitrogens with zero attached hydrogens (tertiary/aromatic N) is 2. The van der Waals surface area contributed by atoms with Gasteiger partial charge in [-0.2, -0.15) is 5.10 Å². The van der Waals surface area contributed by atoms with Crippen molar-refractivity contribution >= 4 is 23.0 Å². The summed E-state index contributed by atoms with van der Waals surface area (Å²) < 4.78 is 5.62. The number of nitrogens with two attached hydrogens (primary N) is 1. The molecule has 0 saturated heterocycles. The summed E-state index contributed by atoms with van der Waals surface area (Å²) in [5.41, 5.74) is 8.75.